The van der Waals surface area contributed by atoms with E-state index in [1.54, 1.807) is 0 Å². The van der Waals surface area contributed by atoms with Gasteiger partial charge in [0.15, 0.2) is 0 Å². The Morgan fingerprint density at radius 1 is 1.19 bits per heavy atom. The third-order valence-corrected chi connectivity index (χ3v) is 5.09. The zero-order chi connectivity index (χ0) is 19.2. The van der Waals surface area contributed by atoms with Crippen LogP contribution in [0.5, 0.6) is 0 Å². The molecular formula is C21H28N2O4. The van der Waals surface area contributed by atoms with Gasteiger partial charge in [-0.1, -0.05) is 12.1 Å². The van der Waals surface area contributed by atoms with Crippen LogP contribution in [0.2, 0.25) is 0 Å². The lowest BCUT2D eigenvalue weighted by molar-refractivity contribution is 0.0454. The van der Waals surface area contributed by atoms with Crippen LogP contribution in [-0.2, 0) is 17.8 Å². The molecule has 3 rings (SSSR count). The summed E-state index contributed by atoms with van der Waals surface area (Å²) in [6.07, 6.45) is 0.747. The molecule has 0 aliphatic carbocycles. The molecule has 1 saturated heterocycles. The SMILES string of the molecule is COC(=O)c1ccc(CN2CCN(Cc3ccc(C)o3)C(CCO)C2)cc1. The predicted molar refractivity (Wildman–Crippen MR) is 102 cm³/mol. The van der Waals surface area contributed by atoms with Gasteiger partial charge in [0.25, 0.3) is 0 Å². The van der Waals surface area contributed by atoms with Crippen molar-refractivity contribution in [1.29, 1.82) is 0 Å². The molecule has 146 valence electrons. The zero-order valence-electron chi connectivity index (χ0n) is 16.1. The number of furan rings is 1. The summed E-state index contributed by atoms with van der Waals surface area (Å²) in [6.45, 7) is 6.54. The van der Waals surface area contributed by atoms with Crippen LogP contribution in [0.1, 0.15) is 33.9 Å². The number of rotatable bonds is 7. The molecule has 27 heavy (non-hydrogen) atoms. The summed E-state index contributed by atoms with van der Waals surface area (Å²) < 4.78 is 10.5. The van der Waals surface area contributed by atoms with Crippen LogP contribution in [0, 0.1) is 6.92 Å². The molecule has 1 aliphatic rings. The van der Waals surface area contributed by atoms with Crippen LogP contribution in [0.15, 0.2) is 40.8 Å². The van der Waals surface area contributed by atoms with Gasteiger partial charge in [-0.05, 0) is 43.2 Å². The van der Waals surface area contributed by atoms with Crippen molar-refractivity contribution < 1.29 is 19.1 Å². The average Bonchev–Trinajstić information content (AvgIpc) is 3.09. The standard InChI is InChI=1S/C21H28N2O4/c1-16-3-8-20(27-16)15-23-11-10-22(14-19(23)9-12-24)13-17-4-6-18(7-5-17)21(25)26-2/h3-8,19,24H,9-15H2,1-2H3. The van der Waals surface area contributed by atoms with Gasteiger partial charge in [0.2, 0.25) is 0 Å². The number of carbonyl (C=O) groups is 1. The first-order valence-corrected chi connectivity index (χ1v) is 9.39. The number of hydrogen-bond acceptors (Lipinski definition) is 6. The van der Waals surface area contributed by atoms with Gasteiger partial charge in [0.05, 0.1) is 19.2 Å². The number of carbonyl (C=O) groups excluding carboxylic acids is 1. The lowest BCUT2D eigenvalue weighted by Crippen LogP contribution is -2.52. The van der Waals surface area contributed by atoms with E-state index in [0.717, 1.165) is 50.7 Å². The highest BCUT2D eigenvalue weighted by Gasteiger charge is 2.27. The second kappa shape index (κ2) is 9.17. The maximum Gasteiger partial charge on any atom is 0.337 e. The van der Waals surface area contributed by atoms with Gasteiger partial charge in [0.1, 0.15) is 11.5 Å². The number of ether oxygens (including phenoxy) is 1. The molecule has 1 N–H and O–H groups in total. The summed E-state index contributed by atoms with van der Waals surface area (Å²) >= 11 is 0. The van der Waals surface area contributed by atoms with E-state index in [4.69, 9.17) is 9.15 Å². The highest BCUT2D eigenvalue weighted by atomic mass is 16.5. The predicted octanol–water partition coefficient (Wildman–Crippen LogP) is 2.44. The van der Waals surface area contributed by atoms with Crippen molar-refractivity contribution in [2.24, 2.45) is 0 Å². The number of hydrogen-bond donors (Lipinski definition) is 1. The molecule has 0 amide bonds. The molecule has 1 aliphatic heterocycles. The van der Waals surface area contributed by atoms with Crippen LogP contribution in [-0.4, -0.2) is 60.3 Å². The summed E-state index contributed by atoms with van der Waals surface area (Å²) in [4.78, 5) is 16.3. The van der Waals surface area contributed by atoms with Crippen LogP contribution in [0.3, 0.4) is 0 Å². The van der Waals surface area contributed by atoms with E-state index in [2.05, 4.69) is 9.80 Å². The lowest BCUT2D eigenvalue weighted by atomic mass is 10.1. The molecule has 1 atom stereocenters. The number of aliphatic hydroxyl groups is 1. The topological polar surface area (TPSA) is 66.2 Å². The molecular weight excluding hydrogens is 344 g/mol. The number of aryl methyl sites for hydroxylation is 1. The molecule has 1 fully saturated rings. The van der Waals surface area contributed by atoms with Gasteiger partial charge in [-0.3, -0.25) is 9.80 Å². The zero-order valence-corrected chi connectivity index (χ0v) is 16.1. The van der Waals surface area contributed by atoms with Crippen molar-refractivity contribution in [2.45, 2.75) is 32.5 Å². The Bertz CT molecular complexity index is 741. The minimum Gasteiger partial charge on any atom is -0.465 e. The molecule has 6 nitrogen and oxygen atoms in total. The molecule has 1 aromatic carbocycles. The molecule has 1 aromatic heterocycles. The lowest BCUT2D eigenvalue weighted by Gasteiger charge is -2.41. The largest absolute Gasteiger partial charge is 0.465 e. The Labute approximate surface area is 160 Å². The third kappa shape index (κ3) is 5.19. The fraction of sp³-hybridized carbons (Fsp3) is 0.476. The van der Waals surface area contributed by atoms with Crippen molar-refractivity contribution >= 4 is 5.97 Å². The molecule has 0 bridgehead atoms. The summed E-state index contributed by atoms with van der Waals surface area (Å²) in [5.41, 5.74) is 1.73. The van der Waals surface area contributed by atoms with Crippen LogP contribution >= 0.6 is 0 Å². The Balaban J connectivity index is 1.59. The summed E-state index contributed by atoms with van der Waals surface area (Å²) in [5, 5.41) is 9.48. The first-order chi connectivity index (χ1) is 13.1. The Morgan fingerprint density at radius 3 is 2.59 bits per heavy atom. The fourth-order valence-electron chi connectivity index (χ4n) is 3.62. The van der Waals surface area contributed by atoms with E-state index < -0.39 is 0 Å². The van der Waals surface area contributed by atoms with Crippen molar-refractivity contribution in [3.05, 3.63) is 59.0 Å². The van der Waals surface area contributed by atoms with Crippen molar-refractivity contribution in [3.8, 4) is 0 Å². The van der Waals surface area contributed by atoms with E-state index in [-0.39, 0.29) is 12.6 Å². The quantitative estimate of drug-likeness (QED) is 0.753. The number of aliphatic hydroxyl groups excluding tert-OH is 1. The number of benzene rings is 1. The maximum absolute atomic E-state index is 11.5. The van der Waals surface area contributed by atoms with Gasteiger partial charge >= 0.3 is 5.97 Å². The smallest absolute Gasteiger partial charge is 0.337 e. The highest BCUT2D eigenvalue weighted by molar-refractivity contribution is 5.89. The van der Waals surface area contributed by atoms with Gasteiger partial charge in [-0.15, -0.1) is 0 Å². The summed E-state index contributed by atoms with van der Waals surface area (Å²) in [6, 6.07) is 11.9. The van der Waals surface area contributed by atoms with Crippen LogP contribution in [0.25, 0.3) is 0 Å². The van der Waals surface area contributed by atoms with E-state index in [1.165, 1.54) is 12.7 Å². The second-order valence-electron chi connectivity index (χ2n) is 7.07. The number of nitrogens with zero attached hydrogens (tertiary/aromatic N) is 2. The minimum absolute atomic E-state index is 0.181. The Hall–Kier alpha value is -2.15. The van der Waals surface area contributed by atoms with E-state index >= 15 is 0 Å². The van der Waals surface area contributed by atoms with Gasteiger partial charge < -0.3 is 14.3 Å². The van der Waals surface area contributed by atoms with Gasteiger partial charge in [0, 0.05) is 38.8 Å². The van der Waals surface area contributed by atoms with Gasteiger partial charge in [-0.2, -0.15) is 0 Å². The molecule has 0 radical (unpaired) electrons. The number of esters is 1. The van der Waals surface area contributed by atoms with Crippen LogP contribution in [0.4, 0.5) is 0 Å². The first-order valence-electron chi connectivity index (χ1n) is 9.39. The van der Waals surface area contributed by atoms with Gasteiger partial charge in [-0.25, -0.2) is 4.79 Å². The maximum atomic E-state index is 11.5. The normalized spacial score (nSPS) is 18.6. The third-order valence-electron chi connectivity index (χ3n) is 5.09. The Kier molecular flexibility index (Phi) is 6.66. The molecule has 0 saturated carbocycles. The van der Waals surface area contributed by atoms with E-state index in [1.807, 2.05) is 43.3 Å². The monoisotopic (exact) mass is 372 g/mol. The van der Waals surface area contributed by atoms with Crippen molar-refractivity contribution in [1.82, 2.24) is 9.80 Å². The first kappa shape index (κ1) is 19.6. The molecule has 0 spiro atoms. The van der Waals surface area contributed by atoms with Crippen molar-refractivity contribution in [2.75, 3.05) is 33.4 Å². The fourth-order valence-corrected chi connectivity index (χ4v) is 3.62. The molecule has 2 aromatic rings. The molecule has 1 unspecified atom stereocenters. The van der Waals surface area contributed by atoms with Crippen LogP contribution < -0.4 is 0 Å². The highest BCUT2D eigenvalue weighted by Crippen LogP contribution is 2.19. The molecule has 6 heteroatoms. The Morgan fingerprint density at radius 2 is 1.96 bits per heavy atom. The average molecular weight is 372 g/mol. The summed E-state index contributed by atoms with van der Waals surface area (Å²) in [5.74, 6) is 1.59. The number of piperazine rings is 1. The molecule has 2 heterocycles. The van der Waals surface area contributed by atoms with E-state index in [0.29, 0.717) is 11.6 Å². The van der Waals surface area contributed by atoms with Crippen molar-refractivity contribution in [3.63, 3.8) is 0 Å². The van der Waals surface area contributed by atoms with E-state index in [9.17, 15) is 9.90 Å². The second-order valence-corrected chi connectivity index (χ2v) is 7.07. The number of methoxy groups -OCH3 is 1. The minimum atomic E-state index is -0.314. The summed E-state index contributed by atoms with van der Waals surface area (Å²) in [7, 11) is 1.39.